The molecule has 3 aromatic rings. The summed E-state index contributed by atoms with van der Waals surface area (Å²) in [5.74, 6) is 0.559. The molecule has 2 aromatic heterocycles. The van der Waals surface area contributed by atoms with Crippen LogP contribution in [0.1, 0.15) is 15.2 Å². The molecule has 0 N–H and O–H groups in total. The molecule has 0 aliphatic rings. The van der Waals surface area contributed by atoms with Gasteiger partial charge in [0.2, 0.25) is 0 Å². The molecule has 0 spiro atoms. The van der Waals surface area contributed by atoms with Crippen LogP contribution in [0.15, 0.2) is 59.0 Å². The third-order valence-electron chi connectivity index (χ3n) is 3.46. The van der Waals surface area contributed by atoms with Gasteiger partial charge in [0.25, 0.3) is 5.91 Å². The predicted octanol–water partition coefficient (Wildman–Crippen LogP) is 4.33. The lowest BCUT2D eigenvalue weighted by Crippen LogP contribution is -2.25. The summed E-state index contributed by atoms with van der Waals surface area (Å²) >= 11 is 1.63. The van der Waals surface area contributed by atoms with Crippen LogP contribution in [0.25, 0.3) is 11.0 Å². The van der Waals surface area contributed by atoms with Crippen molar-refractivity contribution < 1.29 is 13.9 Å². The second kappa shape index (κ2) is 6.71. The fourth-order valence-electron chi connectivity index (χ4n) is 2.36. The van der Waals surface area contributed by atoms with Gasteiger partial charge in [-0.2, -0.15) is 0 Å². The minimum absolute atomic E-state index is 0.0693. The molecule has 0 atom stereocenters. The Hall–Kier alpha value is -2.53. The number of carbonyl (C=O) groups is 1. The number of furan rings is 1. The van der Waals surface area contributed by atoms with Crippen molar-refractivity contribution in [2.45, 2.75) is 6.54 Å². The van der Waals surface area contributed by atoms with Crippen molar-refractivity contribution >= 4 is 28.2 Å². The topological polar surface area (TPSA) is 42.7 Å². The summed E-state index contributed by atoms with van der Waals surface area (Å²) in [7, 11) is 1.79. The Labute approximate surface area is 138 Å². The monoisotopic (exact) mass is 327 g/mol. The summed E-state index contributed by atoms with van der Waals surface area (Å²) in [4.78, 5) is 15.5. The van der Waals surface area contributed by atoms with E-state index in [-0.39, 0.29) is 5.91 Å². The number of hydrogen-bond acceptors (Lipinski definition) is 4. The number of hydrogen-bond donors (Lipinski definition) is 0. The SMILES string of the molecule is C=CCOc1cc(C(=O)N(C)Cc2cccs2)cc2occc12. The van der Waals surface area contributed by atoms with Gasteiger partial charge >= 0.3 is 0 Å². The van der Waals surface area contributed by atoms with E-state index in [9.17, 15) is 4.79 Å². The van der Waals surface area contributed by atoms with Crippen molar-refractivity contribution in [3.8, 4) is 5.75 Å². The first-order valence-corrected chi connectivity index (χ1v) is 8.10. The maximum Gasteiger partial charge on any atom is 0.254 e. The molecule has 118 valence electrons. The summed E-state index contributed by atoms with van der Waals surface area (Å²) in [5.41, 5.74) is 1.19. The van der Waals surface area contributed by atoms with Crippen LogP contribution < -0.4 is 4.74 Å². The Morgan fingerprint density at radius 1 is 1.43 bits per heavy atom. The summed E-state index contributed by atoms with van der Waals surface area (Å²) in [6, 6.07) is 9.34. The highest BCUT2D eigenvalue weighted by Gasteiger charge is 2.17. The quantitative estimate of drug-likeness (QED) is 0.633. The van der Waals surface area contributed by atoms with Gasteiger partial charge in [-0.1, -0.05) is 18.7 Å². The van der Waals surface area contributed by atoms with Crippen molar-refractivity contribution in [3.63, 3.8) is 0 Å². The number of nitrogens with zero attached hydrogens (tertiary/aromatic N) is 1. The summed E-state index contributed by atoms with van der Waals surface area (Å²) in [5, 5.41) is 2.85. The lowest BCUT2D eigenvalue weighted by Gasteiger charge is -2.17. The molecule has 3 rings (SSSR count). The molecular formula is C18H17NO3S. The molecule has 0 aliphatic heterocycles. The van der Waals surface area contributed by atoms with Crippen LogP contribution in [0.2, 0.25) is 0 Å². The highest BCUT2D eigenvalue weighted by Crippen LogP contribution is 2.29. The molecule has 0 unspecified atom stereocenters. The highest BCUT2D eigenvalue weighted by molar-refractivity contribution is 7.09. The molecule has 0 fully saturated rings. The Balaban J connectivity index is 1.88. The third-order valence-corrected chi connectivity index (χ3v) is 4.32. The van der Waals surface area contributed by atoms with Gasteiger partial charge in [-0.05, 0) is 29.6 Å². The normalized spacial score (nSPS) is 10.7. The van der Waals surface area contributed by atoms with E-state index in [2.05, 4.69) is 6.58 Å². The molecule has 2 heterocycles. The van der Waals surface area contributed by atoms with Crippen LogP contribution in [-0.4, -0.2) is 24.5 Å². The second-order valence-electron chi connectivity index (χ2n) is 5.15. The van der Waals surface area contributed by atoms with Crippen LogP contribution in [0, 0.1) is 0 Å². The van der Waals surface area contributed by atoms with E-state index >= 15 is 0 Å². The van der Waals surface area contributed by atoms with Gasteiger partial charge in [-0.15, -0.1) is 11.3 Å². The van der Waals surface area contributed by atoms with Gasteiger partial charge in [-0.25, -0.2) is 0 Å². The minimum Gasteiger partial charge on any atom is -0.489 e. The molecule has 0 bridgehead atoms. The molecular weight excluding hydrogens is 310 g/mol. The zero-order valence-electron chi connectivity index (χ0n) is 12.8. The van der Waals surface area contributed by atoms with Crippen molar-refractivity contribution in [1.82, 2.24) is 4.90 Å². The molecule has 5 heteroatoms. The average molecular weight is 327 g/mol. The molecule has 0 aliphatic carbocycles. The van der Waals surface area contributed by atoms with Crippen LogP contribution >= 0.6 is 11.3 Å². The first kappa shape index (κ1) is 15.4. The molecule has 0 radical (unpaired) electrons. The Bertz CT molecular complexity index is 820. The fraction of sp³-hybridized carbons (Fsp3) is 0.167. The number of rotatable bonds is 6. The van der Waals surface area contributed by atoms with Gasteiger partial charge in [0.05, 0.1) is 18.2 Å². The van der Waals surface area contributed by atoms with Gasteiger partial charge in [0.1, 0.15) is 17.9 Å². The second-order valence-corrected chi connectivity index (χ2v) is 6.18. The molecule has 4 nitrogen and oxygen atoms in total. The van der Waals surface area contributed by atoms with Gasteiger partial charge in [0.15, 0.2) is 0 Å². The van der Waals surface area contributed by atoms with E-state index in [0.29, 0.717) is 30.0 Å². The Morgan fingerprint density at radius 3 is 3.04 bits per heavy atom. The highest BCUT2D eigenvalue weighted by atomic mass is 32.1. The Morgan fingerprint density at radius 2 is 2.30 bits per heavy atom. The number of amides is 1. The summed E-state index contributed by atoms with van der Waals surface area (Å²) < 4.78 is 11.1. The number of benzene rings is 1. The molecule has 0 saturated carbocycles. The summed E-state index contributed by atoms with van der Waals surface area (Å²) in [6.07, 6.45) is 3.26. The maximum atomic E-state index is 12.7. The van der Waals surface area contributed by atoms with Crippen molar-refractivity contribution in [2.75, 3.05) is 13.7 Å². The van der Waals surface area contributed by atoms with Gasteiger partial charge in [0, 0.05) is 17.5 Å². The molecule has 0 saturated heterocycles. The smallest absolute Gasteiger partial charge is 0.254 e. The first-order chi connectivity index (χ1) is 11.2. The van der Waals surface area contributed by atoms with Crippen LogP contribution in [-0.2, 0) is 6.54 Å². The lowest BCUT2D eigenvalue weighted by molar-refractivity contribution is 0.0786. The minimum atomic E-state index is -0.0693. The third kappa shape index (κ3) is 3.29. The Kier molecular flexibility index (Phi) is 4.48. The fourth-order valence-corrected chi connectivity index (χ4v) is 3.12. The number of carbonyl (C=O) groups excluding carboxylic acids is 1. The van der Waals surface area contributed by atoms with E-state index in [1.54, 1.807) is 47.8 Å². The van der Waals surface area contributed by atoms with Crippen molar-refractivity contribution in [2.24, 2.45) is 0 Å². The van der Waals surface area contributed by atoms with Crippen LogP contribution in [0.5, 0.6) is 5.75 Å². The molecule has 23 heavy (non-hydrogen) atoms. The standard InChI is InChI=1S/C18H17NO3S/c1-3-7-21-16-10-13(11-17-15(16)6-8-22-17)18(20)19(2)12-14-5-4-9-23-14/h3-6,8-11H,1,7,12H2,2H3. The van der Waals surface area contributed by atoms with Crippen LogP contribution in [0.4, 0.5) is 0 Å². The van der Waals surface area contributed by atoms with E-state index in [0.717, 1.165) is 10.3 Å². The van der Waals surface area contributed by atoms with Crippen molar-refractivity contribution in [3.05, 3.63) is 65.1 Å². The summed E-state index contributed by atoms with van der Waals surface area (Å²) in [6.45, 7) is 4.61. The van der Waals surface area contributed by atoms with E-state index < -0.39 is 0 Å². The van der Waals surface area contributed by atoms with E-state index in [1.165, 1.54) is 0 Å². The van der Waals surface area contributed by atoms with E-state index in [1.807, 2.05) is 23.6 Å². The molecule has 1 amide bonds. The van der Waals surface area contributed by atoms with E-state index in [4.69, 9.17) is 9.15 Å². The van der Waals surface area contributed by atoms with Crippen molar-refractivity contribution in [1.29, 1.82) is 0 Å². The zero-order chi connectivity index (χ0) is 16.2. The predicted molar refractivity (Wildman–Crippen MR) is 92.0 cm³/mol. The maximum absolute atomic E-state index is 12.7. The largest absolute Gasteiger partial charge is 0.489 e. The van der Waals surface area contributed by atoms with Crippen LogP contribution in [0.3, 0.4) is 0 Å². The average Bonchev–Trinajstić information content (AvgIpc) is 3.22. The van der Waals surface area contributed by atoms with Gasteiger partial charge in [-0.3, -0.25) is 4.79 Å². The zero-order valence-corrected chi connectivity index (χ0v) is 13.6. The number of ether oxygens (including phenoxy) is 1. The lowest BCUT2D eigenvalue weighted by atomic mass is 10.1. The first-order valence-electron chi connectivity index (χ1n) is 7.22. The number of thiophene rings is 1. The van der Waals surface area contributed by atoms with Gasteiger partial charge < -0.3 is 14.1 Å². The number of fused-ring (bicyclic) bond motifs is 1. The molecule has 1 aromatic carbocycles.